The van der Waals surface area contributed by atoms with E-state index in [2.05, 4.69) is 15.9 Å². The van der Waals surface area contributed by atoms with E-state index in [4.69, 9.17) is 9.47 Å². The number of para-hydroxylation sites is 2. The van der Waals surface area contributed by atoms with Crippen LogP contribution in [0.1, 0.15) is 0 Å². The van der Waals surface area contributed by atoms with Gasteiger partial charge in [-0.3, -0.25) is 4.79 Å². The summed E-state index contributed by atoms with van der Waals surface area (Å²) in [5, 5.41) is 0. The van der Waals surface area contributed by atoms with Crippen LogP contribution in [-0.4, -0.2) is 25.7 Å². The molecular weight excluding hydrogens is 353 g/mol. The predicted molar refractivity (Wildman–Crippen MR) is 83.9 cm³/mol. The molecule has 6 heteroatoms. The molecule has 22 heavy (non-hydrogen) atoms. The van der Waals surface area contributed by atoms with Gasteiger partial charge in [-0.05, 0) is 30.3 Å². The van der Waals surface area contributed by atoms with Crippen LogP contribution in [0.2, 0.25) is 0 Å². The molecule has 1 heterocycles. The Morgan fingerprint density at radius 3 is 2.95 bits per heavy atom. The van der Waals surface area contributed by atoms with Gasteiger partial charge in [0.05, 0.1) is 12.2 Å². The zero-order valence-corrected chi connectivity index (χ0v) is 13.2. The normalized spacial score (nSPS) is 13.3. The van der Waals surface area contributed by atoms with Crippen molar-refractivity contribution in [1.82, 2.24) is 0 Å². The van der Waals surface area contributed by atoms with Crippen molar-refractivity contribution in [2.75, 3.05) is 24.7 Å². The zero-order chi connectivity index (χ0) is 15.5. The Bertz CT molecular complexity index is 708. The minimum absolute atomic E-state index is 0.0538. The molecule has 0 saturated heterocycles. The molecule has 0 spiro atoms. The van der Waals surface area contributed by atoms with Gasteiger partial charge in [0, 0.05) is 4.47 Å². The molecule has 1 amide bonds. The highest BCUT2D eigenvalue weighted by Gasteiger charge is 2.23. The monoisotopic (exact) mass is 365 g/mol. The number of fused-ring (bicyclic) bond motifs is 1. The van der Waals surface area contributed by atoms with E-state index in [9.17, 15) is 9.18 Å². The number of hydrogen-bond acceptors (Lipinski definition) is 3. The van der Waals surface area contributed by atoms with E-state index >= 15 is 0 Å². The average molecular weight is 366 g/mol. The van der Waals surface area contributed by atoms with Crippen LogP contribution in [0.25, 0.3) is 0 Å². The maximum Gasteiger partial charge on any atom is 0.265 e. The molecule has 0 radical (unpaired) electrons. The lowest BCUT2D eigenvalue weighted by atomic mass is 10.2. The second-order valence-corrected chi connectivity index (χ2v) is 5.64. The highest BCUT2D eigenvalue weighted by Crippen LogP contribution is 2.31. The second-order valence-electron chi connectivity index (χ2n) is 4.72. The minimum atomic E-state index is -0.510. The molecule has 3 rings (SSSR count). The third-order valence-electron chi connectivity index (χ3n) is 3.27. The fourth-order valence-corrected chi connectivity index (χ4v) is 2.57. The minimum Gasteiger partial charge on any atom is -0.490 e. The molecule has 0 bridgehead atoms. The van der Waals surface area contributed by atoms with Crippen LogP contribution in [-0.2, 0) is 4.79 Å². The molecule has 114 valence electrons. The van der Waals surface area contributed by atoms with Gasteiger partial charge in [-0.2, -0.15) is 0 Å². The lowest BCUT2D eigenvalue weighted by Gasteiger charge is -2.29. The number of nitrogens with zero attached hydrogens (tertiary/aromatic N) is 1. The summed E-state index contributed by atoms with van der Waals surface area (Å²) in [6.07, 6.45) is 0. The van der Waals surface area contributed by atoms with Crippen molar-refractivity contribution in [2.45, 2.75) is 0 Å². The summed E-state index contributed by atoms with van der Waals surface area (Å²) < 4.78 is 25.1. The number of ether oxygens (including phenoxy) is 2. The smallest absolute Gasteiger partial charge is 0.265 e. The van der Waals surface area contributed by atoms with Crippen molar-refractivity contribution in [2.24, 2.45) is 0 Å². The van der Waals surface area contributed by atoms with Crippen LogP contribution in [0.4, 0.5) is 10.1 Å². The number of amides is 1. The highest BCUT2D eigenvalue weighted by atomic mass is 79.9. The summed E-state index contributed by atoms with van der Waals surface area (Å²) in [7, 11) is 0. The van der Waals surface area contributed by atoms with Gasteiger partial charge in [-0.15, -0.1) is 0 Å². The molecule has 0 N–H and O–H groups in total. The van der Waals surface area contributed by atoms with Crippen LogP contribution >= 0.6 is 15.9 Å². The van der Waals surface area contributed by atoms with Crippen molar-refractivity contribution in [1.29, 1.82) is 0 Å². The molecule has 0 aliphatic carbocycles. The standard InChI is InChI=1S/C16H13BrFNO3/c17-11-5-6-14(12(18)9-11)22-10-16(20)19-7-8-21-15-4-2-1-3-13(15)19/h1-6,9H,7-8,10H2. The van der Waals surface area contributed by atoms with E-state index < -0.39 is 5.82 Å². The predicted octanol–water partition coefficient (Wildman–Crippen LogP) is 3.39. The highest BCUT2D eigenvalue weighted by molar-refractivity contribution is 9.10. The fraction of sp³-hybridized carbons (Fsp3) is 0.188. The van der Waals surface area contributed by atoms with Crippen molar-refractivity contribution < 1.29 is 18.7 Å². The van der Waals surface area contributed by atoms with E-state index in [0.29, 0.717) is 29.1 Å². The maximum absolute atomic E-state index is 13.7. The average Bonchev–Trinajstić information content (AvgIpc) is 2.53. The van der Waals surface area contributed by atoms with E-state index in [1.54, 1.807) is 11.0 Å². The number of anilines is 1. The first-order valence-corrected chi connectivity index (χ1v) is 7.54. The first kappa shape index (κ1) is 14.8. The molecule has 4 nitrogen and oxygen atoms in total. The number of carbonyl (C=O) groups excluding carboxylic acids is 1. The summed E-state index contributed by atoms with van der Waals surface area (Å²) in [6.45, 7) is 0.643. The largest absolute Gasteiger partial charge is 0.490 e. The van der Waals surface area contributed by atoms with E-state index in [1.165, 1.54) is 12.1 Å². The van der Waals surface area contributed by atoms with E-state index in [1.807, 2.05) is 24.3 Å². The molecule has 0 aromatic heterocycles. The van der Waals surface area contributed by atoms with E-state index in [0.717, 1.165) is 0 Å². The summed E-state index contributed by atoms with van der Waals surface area (Å²) in [4.78, 5) is 13.9. The molecule has 1 aliphatic heterocycles. The number of carbonyl (C=O) groups is 1. The molecule has 0 atom stereocenters. The quantitative estimate of drug-likeness (QED) is 0.836. The van der Waals surface area contributed by atoms with Gasteiger partial charge < -0.3 is 14.4 Å². The third kappa shape index (κ3) is 3.06. The molecule has 1 aliphatic rings. The van der Waals surface area contributed by atoms with Gasteiger partial charge in [0.1, 0.15) is 12.4 Å². The summed E-state index contributed by atoms with van der Waals surface area (Å²) in [5.41, 5.74) is 0.707. The van der Waals surface area contributed by atoms with Gasteiger partial charge >= 0.3 is 0 Å². The van der Waals surface area contributed by atoms with Gasteiger partial charge in [-0.25, -0.2) is 4.39 Å². The number of hydrogen-bond donors (Lipinski definition) is 0. The Morgan fingerprint density at radius 1 is 1.32 bits per heavy atom. The van der Waals surface area contributed by atoms with Crippen LogP contribution in [0.3, 0.4) is 0 Å². The van der Waals surface area contributed by atoms with Gasteiger partial charge in [0.25, 0.3) is 5.91 Å². The Labute approximate surface area is 135 Å². The third-order valence-corrected chi connectivity index (χ3v) is 3.77. The van der Waals surface area contributed by atoms with Crippen molar-refractivity contribution in [3.63, 3.8) is 0 Å². The molecule has 2 aromatic carbocycles. The van der Waals surface area contributed by atoms with Crippen LogP contribution in [0, 0.1) is 5.82 Å². The molecule has 0 saturated carbocycles. The first-order chi connectivity index (χ1) is 10.6. The molecule has 0 fully saturated rings. The van der Waals surface area contributed by atoms with Crippen molar-refractivity contribution in [3.05, 3.63) is 52.8 Å². The maximum atomic E-state index is 13.7. The molecular formula is C16H13BrFNO3. The molecule has 2 aromatic rings. The summed E-state index contributed by atoms with van der Waals surface area (Å²) >= 11 is 3.17. The zero-order valence-electron chi connectivity index (χ0n) is 11.6. The Balaban J connectivity index is 1.70. The van der Waals surface area contributed by atoms with Gasteiger partial charge in [0.15, 0.2) is 18.2 Å². The van der Waals surface area contributed by atoms with Gasteiger partial charge in [0.2, 0.25) is 0 Å². The topological polar surface area (TPSA) is 38.8 Å². The van der Waals surface area contributed by atoms with Crippen LogP contribution in [0.5, 0.6) is 11.5 Å². The summed E-state index contributed by atoms with van der Waals surface area (Å²) in [6, 6.07) is 11.7. The van der Waals surface area contributed by atoms with Crippen LogP contribution < -0.4 is 14.4 Å². The number of benzene rings is 2. The SMILES string of the molecule is O=C(COc1ccc(Br)cc1F)N1CCOc2ccccc21. The van der Waals surface area contributed by atoms with Crippen LogP contribution in [0.15, 0.2) is 46.9 Å². The number of halogens is 2. The summed E-state index contributed by atoms with van der Waals surface area (Å²) in [5.74, 6) is -0.0300. The molecule has 0 unspecified atom stereocenters. The Kier molecular flexibility index (Phi) is 4.29. The van der Waals surface area contributed by atoms with Crippen molar-refractivity contribution >= 4 is 27.5 Å². The second kappa shape index (κ2) is 6.36. The lowest BCUT2D eigenvalue weighted by molar-refractivity contribution is -0.120. The van der Waals surface area contributed by atoms with Crippen molar-refractivity contribution in [3.8, 4) is 11.5 Å². The fourth-order valence-electron chi connectivity index (χ4n) is 2.24. The Hall–Kier alpha value is -2.08. The van der Waals surface area contributed by atoms with E-state index in [-0.39, 0.29) is 18.3 Å². The van der Waals surface area contributed by atoms with Gasteiger partial charge in [-0.1, -0.05) is 28.1 Å². The Morgan fingerprint density at radius 2 is 2.14 bits per heavy atom. The lowest BCUT2D eigenvalue weighted by Crippen LogP contribution is -2.40. The first-order valence-electron chi connectivity index (χ1n) is 6.75. The number of rotatable bonds is 3.